The summed E-state index contributed by atoms with van der Waals surface area (Å²) in [6.45, 7) is 4.07. The van der Waals surface area contributed by atoms with Crippen LogP contribution in [0.4, 0.5) is 0 Å². The predicted octanol–water partition coefficient (Wildman–Crippen LogP) is 5.73. The van der Waals surface area contributed by atoms with E-state index in [9.17, 15) is 0 Å². The van der Waals surface area contributed by atoms with Crippen LogP contribution in [0, 0.1) is 0 Å². The second-order valence-corrected chi connectivity index (χ2v) is 7.73. The zero-order chi connectivity index (χ0) is 19.1. The lowest BCUT2D eigenvalue weighted by Gasteiger charge is -2.10. The molecule has 1 saturated carbocycles. The molecule has 0 saturated heterocycles. The van der Waals surface area contributed by atoms with Crippen molar-refractivity contribution in [3.05, 3.63) is 72.8 Å². The van der Waals surface area contributed by atoms with E-state index >= 15 is 0 Å². The van der Waals surface area contributed by atoms with Crippen molar-refractivity contribution < 1.29 is 4.74 Å². The highest BCUT2D eigenvalue weighted by Gasteiger charge is 2.24. The summed E-state index contributed by atoms with van der Waals surface area (Å²) in [5.74, 6) is 1.57. The van der Waals surface area contributed by atoms with E-state index in [-0.39, 0.29) is 6.10 Å². The second-order valence-electron chi connectivity index (χ2n) is 7.73. The molecule has 1 aromatic carbocycles. The summed E-state index contributed by atoms with van der Waals surface area (Å²) in [6.07, 6.45) is 8.76. The van der Waals surface area contributed by atoms with Crippen LogP contribution in [0.5, 0.6) is 5.75 Å². The average Bonchev–Trinajstić information content (AvgIpc) is 3.47. The molecular formula is C24H23N3O. The van der Waals surface area contributed by atoms with Gasteiger partial charge in [0.25, 0.3) is 0 Å². The van der Waals surface area contributed by atoms with E-state index in [2.05, 4.69) is 57.0 Å². The van der Waals surface area contributed by atoms with Gasteiger partial charge in [-0.25, -0.2) is 4.98 Å². The molecule has 0 amide bonds. The Labute approximate surface area is 164 Å². The fraction of sp³-hybridized carbons (Fsp3) is 0.250. The molecule has 4 heteroatoms. The van der Waals surface area contributed by atoms with Gasteiger partial charge in [0.1, 0.15) is 11.4 Å². The van der Waals surface area contributed by atoms with Gasteiger partial charge < -0.3 is 4.74 Å². The SMILES string of the molecule is CC(C)Oc1ccc(-c2ccc3ncc(-c4ccc(C5CC5)nc4)n3c2)cc1. The summed E-state index contributed by atoms with van der Waals surface area (Å²) in [6, 6.07) is 16.7. The minimum Gasteiger partial charge on any atom is -0.491 e. The monoisotopic (exact) mass is 369 g/mol. The first-order valence-corrected chi connectivity index (χ1v) is 9.88. The number of imidazole rings is 1. The summed E-state index contributed by atoms with van der Waals surface area (Å²) in [7, 11) is 0. The first-order valence-electron chi connectivity index (χ1n) is 9.88. The molecule has 1 aliphatic carbocycles. The molecule has 0 spiro atoms. The molecule has 0 bridgehead atoms. The molecule has 1 fully saturated rings. The molecule has 0 unspecified atom stereocenters. The number of hydrogen-bond acceptors (Lipinski definition) is 3. The number of benzene rings is 1. The van der Waals surface area contributed by atoms with Crippen LogP contribution in [-0.2, 0) is 0 Å². The van der Waals surface area contributed by atoms with Crippen molar-refractivity contribution in [3.8, 4) is 28.1 Å². The third kappa shape index (κ3) is 3.26. The molecule has 0 N–H and O–H groups in total. The van der Waals surface area contributed by atoms with Gasteiger partial charge in [0.15, 0.2) is 0 Å². The highest BCUT2D eigenvalue weighted by molar-refractivity contribution is 5.69. The number of nitrogens with zero attached hydrogens (tertiary/aromatic N) is 3. The average molecular weight is 369 g/mol. The van der Waals surface area contributed by atoms with Crippen LogP contribution in [0.25, 0.3) is 28.0 Å². The maximum atomic E-state index is 5.75. The summed E-state index contributed by atoms with van der Waals surface area (Å²) in [5, 5.41) is 0. The van der Waals surface area contributed by atoms with Gasteiger partial charge in [-0.1, -0.05) is 12.1 Å². The van der Waals surface area contributed by atoms with Crippen molar-refractivity contribution in [1.82, 2.24) is 14.4 Å². The second kappa shape index (κ2) is 6.79. The topological polar surface area (TPSA) is 39.4 Å². The van der Waals surface area contributed by atoms with Crippen molar-refractivity contribution in [1.29, 1.82) is 0 Å². The standard InChI is InChI=1S/C24H23N3O/c1-16(2)28-21-9-5-17(6-10-21)20-8-12-24-26-14-23(27(24)15-20)19-7-11-22(25-13-19)18-3-4-18/h5-16,18H,3-4H2,1-2H3. The quantitative estimate of drug-likeness (QED) is 0.451. The maximum Gasteiger partial charge on any atom is 0.137 e. The Hall–Kier alpha value is -3.14. The molecule has 0 aliphatic heterocycles. The van der Waals surface area contributed by atoms with E-state index in [1.54, 1.807) is 0 Å². The first kappa shape index (κ1) is 17.0. The van der Waals surface area contributed by atoms with Crippen LogP contribution in [0.1, 0.15) is 38.3 Å². The van der Waals surface area contributed by atoms with Gasteiger partial charge in [0.05, 0.1) is 18.0 Å². The molecule has 3 aromatic heterocycles. The molecule has 4 nitrogen and oxygen atoms in total. The number of pyridine rings is 2. The van der Waals surface area contributed by atoms with Gasteiger partial charge in [-0.3, -0.25) is 9.38 Å². The van der Waals surface area contributed by atoms with E-state index in [0.717, 1.165) is 33.8 Å². The Morgan fingerprint density at radius 3 is 2.29 bits per heavy atom. The zero-order valence-electron chi connectivity index (χ0n) is 16.2. The van der Waals surface area contributed by atoms with E-state index in [1.807, 2.05) is 38.4 Å². The van der Waals surface area contributed by atoms with Gasteiger partial charge in [-0.05, 0) is 74.2 Å². The van der Waals surface area contributed by atoms with E-state index in [0.29, 0.717) is 5.92 Å². The molecule has 4 aromatic rings. The third-order valence-corrected chi connectivity index (χ3v) is 5.14. The molecular weight excluding hydrogens is 346 g/mol. The number of rotatable bonds is 5. The van der Waals surface area contributed by atoms with Gasteiger partial charge in [-0.2, -0.15) is 0 Å². The zero-order valence-corrected chi connectivity index (χ0v) is 16.2. The van der Waals surface area contributed by atoms with E-state index in [1.165, 1.54) is 18.5 Å². The number of hydrogen-bond donors (Lipinski definition) is 0. The molecule has 0 radical (unpaired) electrons. The Kier molecular flexibility index (Phi) is 4.12. The predicted molar refractivity (Wildman–Crippen MR) is 112 cm³/mol. The number of aromatic nitrogens is 3. The smallest absolute Gasteiger partial charge is 0.137 e. The largest absolute Gasteiger partial charge is 0.491 e. The molecule has 5 rings (SSSR count). The minimum absolute atomic E-state index is 0.176. The van der Waals surface area contributed by atoms with Gasteiger partial charge >= 0.3 is 0 Å². The summed E-state index contributed by atoms with van der Waals surface area (Å²) >= 11 is 0. The van der Waals surface area contributed by atoms with Crippen LogP contribution in [-0.4, -0.2) is 20.5 Å². The Morgan fingerprint density at radius 2 is 1.61 bits per heavy atom. The normalized spacial score (nSPS) is 14.0. The van der Waals surface area contributed by atoms with Crippen molar-refractivity contribution in [3.63, 3.8) is 0 Å². The number of ether oxygens (including phenoxy) is 1. The van der Waals surface area contributed by atoms with Crippen LogP contribution in [0.15, 0.2) is 67.1 Å². The first-order chi connectivity index (χ1) is 13.7. The fourth-order valence-electron chi connectivity index (χ4n) is 3.54. The van der Waals surface area contributed by atoms with Gasteiger partial charge in [0, 0.05) is 29.6 Å². The molecule has 0 atom stereocenters. The fourth-order valence-corrected chi connectivity index (χ4v) is 3.54. The lowest BCUT2D eigenvalue weighted by molar-refractivity contribution is 0.242. The van der Waals surface area contributed by atoms with Crippen molar-refractivity contribution >= 4 is 5.65 Å². The van der Waals surface area contributed by atoms with Gasteiger partial charge in [0.2, 0.25) is 0 Å². The molecule has 3 heterocycles. The maximum absolute atomic E-state index is 5.75. The van der Waals surface area contributed by atoms with Crippen LogP contribution in [0.3, 0.4) is 0 Å². The van der Waals surface area contributed by atoms with Crippen LogP contribution >= 0.6 is 0 Å². The highest BCUT2D eigenvalue weighted by Crippen LogP contribution is 2.39. The highest BCUT2D eigenvalue weighted by atomic mass is 16.5. The number of fused-ring (bicyclic) bond motifs is 1. The van der Waals surface area contributed by atoms with E-state index < -0.39 is 0 Å². The summed E-state index contributed by atoms with van der Waals surface area (Å²) in [4.78, 5) is 9.22. The Balaban J connectivity index is 1.49. The minimum atomic E-state index is 0.176. The summed E-state index contributed by atoms with van der Waals surface area (Å²) in [5.41, 5.74) is 6.60. The summed E-state index contributed by atoms with van der Waals surface area (Å²) < 4.78 is 7.89. The van der Waals surface area contributed by atoms with Crippen molar-refractivity contribution in [2.45, 2.75) is 38.7 Å². The van der Waals surface area contributed by atoms with Crippen LogP contribution in [0.2, 0.25) is 0 Å². The molecule has 1 aliphatic rings. The van der Waals surface area contributed by atoms with Crippen LogP contribution < -0.4 is 4.74 Å². The van der Waals surface area contributed by atoms with Crippen molar-refractivity contribution in [2.75, 3.05) is 0 Å². The third-order valence-electron chi connectivity index (χ3n) is 5.14. The van der Waals surface area contributed by atoms with Crippen molar-refractivity contribution in [2.24, 2.45) is 0 Å². The van der Waals surface area contributed by atoms with Gasteiger partial charge in [-0.15, -0.1) is 0 Å². The Bertz CT molecular complexity index is 1110. The Morgan fingerprint density at radius 1 is 0.857 bits per heavy atom. The lowest BCUT2D eigenvalue weighted by Crippen LogP contribution is -2.05. The molecule has 28 heavy (non-hydrogen) atoms. The molecule has 140 valence electrons. The van der Waals surface area contributed by atoms with E-state index in [4.69, 9.17) is 4.74 Å². The lowest BCUT2D eigenvalue weighted by atomic mass is 10.1.